The molecule has 118 valence electrons. The van der Waals surface area contributed by atoms with Crippen molar-refractivity contribution in [3.63, 3.8) is 0 Å². The first-order chi connectivity index (χ1) is 11.0. The third-order valence-corrected chi connectivity index (χ3v) is 3.76. The molecule has 1 heterocycles. The zero-order chi connectivity index (χ0) is 16.4. The highest BCUT2D eigenvalue weighted by atomic mass is 79.9. The summed E-state index contributed by atoms with van der Waals surface area (Å²) in [6, 6.07) is 8.28. The van der Waals surface area contributed by atoms with Crippen molar-refractivity contribution in [1.29, 1.82) is 0 Å². The molecule has 2 aromatic carbocycles. The Morgan fingerprint density at radius 1 is 1.00 bits per heavy atom. The van der Waals surface area contributed by atoms with Gasteiger partial charge in [0.2, 0.25) is 6.79 Å². The number of hydrogen-bond acceptors (Lipinski definition) is 4. The predicted octanol–water partition coefficient (Wildman–Crippen LogP) is 2.39. The standard InChI is InChI=1S/C15H10BrFN2O4/c16-11-6-9(17)2-3-10(11)15(21)19-18-14(20)8-1-4-12-13(5-8)23-7-22-12/h1-6H,7H2,(H,18,20)(H,19,21). The molecular weight excluding hydrogens is 371 g/mol. The summed E-state index contributed by atoms with van der Waals surface area (Å²) in [6.45, 7) is 0.107. The lowest BCUT2D eigenvalue weighted by molar-refractivity contribution is 0.0846. The number of hydrazine groups is 1. The van der Waals surface area contributed by atoms with Crippen LogP contribution in [0.5, 0.6) is 11.5 Å². The minimum Gasteiger partial charge on any atom is -0.454 e. The van der Waals surface area contributed by atoms with E-state index in [2.05, 4.69) is 26.8 Å². The second-order valence-corrected chi connectivity index (χ2v) is 5.45. The zero-order valence-corrected chi connectivity index (χ0v) is 13.1. The lowest BCUT2D eigenvalue weighted by atomic mass is 10.2. The largest absolute Gasteiger partial charge is 0.454 e. The van der Waals surface area contributed by atoms with Crippen LogP contribution in [0.4, 0.5) is 4.39 Å². The highest BCUT2D eigenvalue weighted by Crippen LogP contribution is 2.32. The van der Waals surface area contributed by atoms with Crippen LogP contribution in [0, 0.1) is 5.82 Å². The highest BCUT2D eigenvalue weighted by Gasteiger charge is 2.17. The van der Waals surface area contributed by atoms with Crippen molar-refractivity contribution in [1.82, 2.24) is 10.9 Å². The summed E-state index contributed by atoms with van der Waals surface area (Å²) in [4.78, 5) is 24.0. The molecule has 0 radical (unpaired) electrons. The molecule has 0 fully saturated rings. The fraction of sp³-hybridized carbons (Fsp3) is 0.0667. The summed E-state index contributed by atoms with van der Waals surface area (Å²) in [7, 11) is 0. The summed E-state index contributed by atoms with van der Waals surface area (Å²) in [6.07, 6.45) is 0. The van der Waals surface area contributed by atoms with Crippen molar-refractivity contribution in [2.24, 2.45) is 0 Å². The maximum atomic E-state index is 13.0. The van der Waals surface area contributed by atoms with E-state index >= 15 is 0 Å². The number of carbonyl (C=O) groups excluding carboxylic acids is 2. The van der Waals surface area contributed by atoms with Gasteiger partial charge in [-0.3, -0.25) is 20.4 Å². The first-order valence-corrected chi connectivity index (χ1v) is 7.29. The zero-order valence-electron chi connectivity index (χ0n) is 11.6. The maximum absolute atomic E-state index is 13.0. The van der Waals surface area contributed by atoms with Crippen molar-refractivity contribution in [2.45, 2.75) is 0 Å². The molecule has 0 atom stereocenters. The van der Waals surface area contributed by atoms with Crippen LogP contribution in [0.3, 0.4) is 0 Å². The van der Waals surface area contributed by atoms with E-state index in [1.54, 1.807) is 12.1 Å². The molecule has 1 aliphatic rings. The number of nitrogens with one attached hydrogen (secondary N) is 2. The Bertz CT molecular complexity index is 797. The Labute approximate surface area is 138 Å². The lowest BCUT2D eigenvalue weighted by Gasteiger charge is -2.09. The third-order valence-electron chi connectivity index (χ3n) is 3.10. The molecule has 0 aliphatic carbocycles. The first kappa shape index (κ1) is 15.3. The molecule has 2 aromatic rings. The molecule has 0 saturated heterocycles. The van der Waals surface area contributed by atoms with Gasteiger partial charge in [0.25, 0.3) is 11.8 Å². The van der Waals surface area contributed by atoms with Gasteiger partial charge in [0.15, 0.2) is 11.5 Å². The molecule has 6 nitrogen and oxygen atoms in total. The van der Waals surface area contributed by atoms with Crippen LogP contribution in [0.2, 0.25) is 0 Å². The molecule has 0 unspecified atom stereocenters. The minimum atomic E-state index is -0.578. The molecule has 0 bridgehead atoms. The van der Waals surface area contributed by atoms with Gasteiger partial charge in [0.1, 0.15) is 5.82 Å². The topological polar surface area (TPSA) is 76.7 Å². The number of amides is 2. The fourth-order valence-electron chi connectivity index (χ4n) is 1.96. The van der Waals surface area contributed by atoms with Crippen molar-refractivity contribution < 1.29 is 23.5 Å². The van der Waals surface area contributed by atoms with E-state index in [1.165, 1.54) is 12.1 Å². The number of benzene rings is 2. The van der Waals surface area contributed by atoms with E-state index in [9.17, 15) is 14.0 Å². The van der Waals surface area contributed by atoms with Crippen molar-refractivity contribution in [3.8, 4) is 11.5 Å². The van der Waals surface area contributed by atoms with Gasteiger partial charge in [-0.1, -0.05) is 0 Å². The predicted molar refractivity (Wildman–Crippen MR) is 81.6 cm³/mol. The summed E-state index contributed by atoms with van der Waals surface area (Å²) in [5.41, 5.74) is 5.03. The summed E-state index contributed by atoms with van der Waals surface area (Å²) >= 11 is 3.09. The third kappa shape index (κ3) is 3.26. The van der Waals surface area contributed by atoms with Crippen LogP contribution in [-0.2, 0) is 0 Å². The lowest BCUT2D eigenvalue weighted by Crippen LogP contribution is -2.41. The van der Waals surface area contributed by atoms with Gasteiger partial charge < -0.3 is 9.47 Å². The number of hydrogen-bond donors (Lipinski definition) is 2. The molecule has 0 saturated carbocycles. The first-order valence-electron chi connectivity index (χ1n) is 6.50. The van der Waals surface area contributed by atoms with Crippen molar-refractivity contribution >= 4 is 27.7 Å². The van der Waals surface area contributed by atoms with E-state index in [0.29, 0.717) is 17.1 Å². The van der Waals surface area contributed by atoms with Crippen LogP contribution in [-0.4, -0.2) is 18.6 Å². The Morgan fingerprint density at radius 3 is 2.52 bits per heavy atom. The van der Waals surface area contributed by atoms with Gasteiger partial charge in [0.05, 0.1) is 5.56 Å². The van der Waals surface area contributed by atoms with Gasteiger partial charge in [-0.15, -0.1) is 0 Å². The molecule has 23 heavy (non-hydrogen) atoms. The number of ether oxygens (including phenoxy) is 2. The molecule has 1 aliphatic heterocycles. The molecule has 0 aromatic heterocycles. The Morgan fingerprint density at radius 2 is 1.74 bits per heavy atom. The maximum Gasteiger partial charge on any atom is 0.270 e. The Hall–Kier alpha value is -2.61. The molecular formula is C15H10BrFN2O4. The average Bonchev–Trinajstić information content (AvgIpc) is 2.99. The van der Waals surface area contributed by atoms with Gasteiger partial charge in [-0.25, -0.2) is 4.39 Å². The van der Waals surface area contributed by atoms with Crippen molar-refractivity contribution in [3.05, 3.63) is 57.8 Å². The van der Waals surface area contributed by atoms with Gasteiger partial charge in [-0.05, 0) is 52.3 Å². The van der Waals surface area contributed by atoms with Gasteiger partial charge >= 0.3 is 0 Å². The Kier molecular flexibility index (Phi) is 4.16. The number of fused-ring (bicyclic) bond motifs is 1. The van der Waals surface area contributed by atoms with E-state index in [0.717, 1.165) is 12.1 Å². The quantitative estimate of drug-likeness (QED) is 0.784. The van der Waals surface area contributed by atoms with Crippen LogP contribution in [0.15, 0.2) is 40.9 Å². The number of rotatable bonds is 2. The summed E-state index contributed by atoms with van der Waals surface area (Å²) in [5.74, 6) is -0.551. The number of halogens is 2. The summed E-state index contributed by atoms with van der Waals surface area (Å²) < 4.78 is 23.6. The van der Waals surface area contributed by atoms with Crippen LogP contribution in [0.1, 0.15) is 20.7 Å². The van der Waals surface area contributed by atoms with E-state index < -0.39 is 17.6 Å². The second kappa shape index (κ2) is 6.25. The summed E-state index contributed by atoms with van der Waals surface area (Å²) in [5, 5.41) is 0. The smallest absolute Gasteiger partial charge is 0.270 e. The van der Waals surface area contributed by atoms with Crippen LogP contribution >= 0.6 is 15.9 Å². The van der Waals surface area contributed by atoms with Crippen molar-refractivity contribution in [2.75, 3.05) is 6.79 Å². The number of carbonyl (C=O) groups is 2. The SMILES string of the molecule is O=C(NNC(=O)c1ccc(F)cc1Br)c1ccc2c(c1)OCO2. The molecule has 2 N–H and O–H groups in total. The monoisotopic (exact) mass is 380 g/mol. The normalized spacial score (nSPS) is 11.9. The molecule has 3 rings (SSSR count). The fourth-order valence-corrected chi connectivity index (χ4v) is 2.50. The minimum absolute atomic E-state index is 0.107. The highest BCUT2D eigenvalue weighted by molar-refractivity contribution is 9.10. The van der Waals surface area contributed by atoms with Crippen LogP contribution in [0.25, 0.3) is 0 Å². The van der Waals surface area contributed by atoms with E-state index in [4.69, 9.17) is 9.47 Å². The van der Waals surface area contributed by atoms with E-state index in [1.807, 2.05) is 0 Å². The molecule has 0 spiro atoms. The average molecular weight is 381 g/mol. The van der Waals surface area contributed by atoms with Gasteiger partial charge in [0, 0.05) is 10.0 Å². The Balaban J connectivity index is 1.65. The van der Waals surface area contributed by atoms with Gasteiger partial charge in [-0.2, -0.15) is 0 Å². The molecule has 8 heteroatoms. The van der Waals surface area contributed by atoms with Crippen LogP contribution < -0.4 is 20.3 Å². The molecule has 2 amide bonds. The second-order valence-electron chi connectivity index (χ2n) is 4.60. The van der Waals surface area contributed by atoms with E-state index in [-0.39, 0.29) is 16.8 Å².